The van der Waals surface area contributed by atoms with Crippen molar-refractivity contribution in [3.63, 3.8) is 0 Å². The van der Waals surface area contributed by atoms with Gasteiger partial charge in [-0.1, -0.05) is 0 Å². The van der Waals surface area contributed by atoms with Crippen LogP contribution in [0.15, 0.2) is 24.3 Å². The van der Waals surface area contributed by atoms with Crippen LogP contribution in [0.5, 0.6) is 5.75 Å². The largest absolute Gasteiger partial charge is 0.463 e. The molecule has 0 aromatic heterocycles. The Morgan fingerprint density at radius 1 is 0.567 bits per heavy atom. The van der Waals surface area contributed by atoms with E-state index >= 15 is 0 Å². The molecule has 0 unspecified atom stereocenters. The third kappa shape index (κ3) is 10.5. The molecular formula is C34H51N3O23. The lowest BCUT2D eigenvalue weighted by molar-refractivity contribution is -0.384. The molecule has 0 spiro atoms. The summed E-state index contributed by atoms with van der Waals surface area (Å²) in [4.78, 5) is 35.4. The smallest absolute Gasteiger partial charge is 0.269 e. The van der Waals surface area contributed by atoms with Crippen LogP contribution in [0.4, 0.5) is 5.69 Å². The van der Waals surface area contributed by atoms with Crippen molar-refractivity contribution < 1.29 is 109 Å². The zero-order valence-electron chi connectivity index (χ0n) is 32.0. The summed E-state index contributed by atoms with van der Waals surface area (Å²) in [6.07, 6.45) is -32.3. The Hall–Kier alpha value is -3.36. The molecule has 4 aliphatic heterocycles. The summed E-state index contributed by atoms with van der Waals surface area (Å²) in [7, 11) is 0. The van der Waals surface area contributed by atoms with E-state index in [1.807, 2.05) is 0 Å². The minimum absolute atomic E-state index is 0.0139. The summed E-state index contributed by atoms with van der Waals surface area (Å²) < 4.78 is 46.2. The molecule has 2 amide bonds. The van der Waals surface area contributed by atoms with Crippen LogP contribution >= 0.6 is 0 Å². The second kappa shape index (κ2) is 20.7. The number of nitrogens with one attached hydrogen (secondary N) is 2. The van der Waals surface area contributed by atoms with Crippen molar-refractivity contribution in [2.24, 2.45) is 0 Å². The molecule has 0 radical (unpaired) electrons. The number of nitro benzene ring substituents is 1. The Bertz CT molecular complexity index is 1580. The predicted octanol–water partition coefficient (Wildman–Crippen LogP) is -7.47. The van der Waals surface area contributed by atoms with Crippen LogP contribution in [0.25, 0.3) is 0 Å². The summed E-state index contributed by atoms with van der Waals surface area (Å²) >= 11 is 0. The number of non-ortho nitro benzene ring substituents is 1. The van der Waals surface area contributed by atoms with Crippen molar-refractivity contribution in [3.05, 3.63) is 34.4 Å². The highest BCUT2D eigenvalue weighted by atomic mass is 16.8. The third-order valence-corrected chi connectivity index (χ3v) is 10.3. The zero-order valence-corrected chi connectivity index (χ0v) is 32.0. The van der Waals surface area contributed by atoms with Crippen molar-refractivity contribution in [2.45, 2.75) is 137 Å². The average Bonchev–Trinajstić information content (AvgIpc) is 3.21. The van der Waals surface area contributed by atoms with Crippen molar-refractivity contribution >= 4 is 17.5 Å². The fourth-order valence-corrected chi connectivity index (χ4v) is 7.20. The molecular weight excluding hydrogens is 818 g/mol. The number of aliphatic hydroxyl groups excluding tert-OH is 11. The maximum absolute atomic E-state index is 12.5. The number of hydrogen-bond acceptors (Lipinski definition) is 23. The third-order valence-electron chi connectivity index (χ3n) is 10.3. The van der Waals surface area contributed by atoms with Crippen LogP contribution in [0.2, 0.25) is 0 Å². The van der Waals surface area contributed by atoms with E-state index in [0.29, 0.717) is 0 Å². The second-order valence-electron chi connectivity index (χ2n) is 14.5. The van der Waals surface area contributed by atoms with Crippen LogP contribution in [-0.2, 0) is 42.7 Å². The van der Waals surface area contributed by atoms with Gasteiger partial charge in [-0.2, -0.15) is 0 Å². The molecule has 4 aliphatic rings. The lowest BCUT2D eigenvalue weighted by Gasteiger charge is -2.50. The monoisotopic (exact) mass is 869 g/mol. The molecule has 4 fully saturated rings. The fraction of sp³-hybridized carbons (Fsp3) is 0.765. The maximum Gasteiger partial charge on any atom is 0.269 e. The first-order chi connectivity index (χ1) is 28.4. The number of nitrogens with zero attached hydrogens (tertiary/aromatic N) is 1. The number of hydrogen-bond donors (Lipinski definition) is 13. The molecule has 4 heterocycles. The molecule has 4 saturated heterocycles. The highest BCUT2D eigenvalue weighted by molar-refractivity contribution is 5.73. The number of nitro groups is 1. The molecule has 0 aliphatic carbocycles. The fourth-order valence-electron chi connectivity index (χ4n) is 7.20. The van der Waals surface area contributed by atoms with E-state index in [2.05, 4.69) is 10.6 Å². The predicted molar refractivity (Wildman–Crippen MR) is 189 cm³/mol. The van der Waals surface area contributed by atoms with Gasteiger partial charge in [-0.25, -0.2) is 0 Å². The van der Waals surface area contributed by atoms with Gasteiger partial charge in [-0.15, -0.1) is 0 Å². The molecule has 5 rings (SSSR count). The van der Waals surface area contributed by atoms with Gasteiger partial charge in [0.2, 0.25) is 18.1 Å². The lowest BCUT2D eigenvalue weighted by Crippen LogP contribution is -2.70. The van der Waals surface area contributed by atoms with E-state index in [4.69, 9.17) is 37.9 Å². The van der Waals surface area contributed by atoms with Crippen LogP contribution in [0, 0.1) is 10.1 Å². The minimum atomic E-state index is -2.12. The van der Waals surface area contributed by atoms with Gasteiger partial charge in [0.1, 0.15) is 103 Å². The van der Waals surface area contributed by atoms with Gasteiger partial charge in [0.15, 0.2) is 18.9 Å². The highest BCUT2D eigenvalue weighted by Gasteiger charge is 2.56. The summed E-state index contributed by atoms with van der Waals surface area (Å²) in [6, 6.07) is 1.51. The van der Waals surface area contributed by atoms with Gasteiger partial charge in [0, 0.05) is 26.0 Å². The van der Waals surface area contributed by atoms with Gasteiger partial charge < -0.3 is 105 Å². The molecule has 0 bridgehead atoms. The van der Waals surface area contributed by atoms with Gasteiger partial charge in [-0.05, 0) is 12.1 Å². The van der Waals surface area contributed by atoms with E-state index in [0.717, 1.165) is 26.0 Å². The Balaban J connectivity index is 1.43. The van der Waals surface area contributed by atoms with Gasteiger partial charge in [-0.3, -0.25) is 19.7 Å². The molecule has 26 nitrogen and oxygen atoms in total. The number of ether oxygens (including phenoxy) is 8. The lowest BCUT2D eigenvalue weighted by atomic mass is 9.94. The topological polar surface area (TPSA) is 398 Å². The maximum atomic E-state index is 12.5. The Labute approximate surface area is 339 Å². The van der Waals surface area contributed by atoms with E-state index in [1.165, 1.54) is 12.1 Å². The first-order valence-corrected chi connectivity index (χ1v) is 18.7. The highest BCUT2D eigenvalue weighted by Crippen LogP contribution is 2.35. The van der Waals surface area contributed by atoms with Crippen molar-refractivity contribution in [2.75, 3.05) is 26.4 Å². The molecule has 20 atom stereocenters. The normalized spacial score (nSPS) is 42.2. The van der Waals surface area contributed by atoms with E-state index in [-0.39, 0.29) is 11.4 Å². The Morgan fingerprint density at radius 3 is 1.40 bits per heavy atom. The number of aliphatic hydroxyl groups is 11. The summed E-state index contributed by atoms with van der Waals surface area (Å²) in [5.74, 6) is -1.52. The van der Waals surface area contributed by atoms with Crippen LogP contribution < -0.4 is 15.4 Å². The molecule has 60 heavy (non-hydrogen) atoms. The van der Waals surface area contributed by atoms with E-state index in [1.54, 1.807) is 0 Å². The van der Waals surface area contributed by atoms with Crippen molar-refractivity contribution in [1.82, 2.24) is 10.6 Å². The van der Waals surface area contributed by atoms with Crippen LogP contribution in [0.1, 0.15) is 13.8 Å². The summed E-state index contributed by atoms with van der Waals surface area (Å²) in [5.41, 5.74) is -0.280. The molecule has 13 N–H and O–H groups in total. The number of carbonyl (C=O) groups excluding carboxylic acids is 2. The number of carbonyl (C=O) groups is 2. The standard InChI is InChI=1S/C34H51N3O23/c1-11(42)35-19-28(22(45)16(8-39)54-31(19)53-14-5-3-13(4-6-14)37(51)52)59-34-27(50)30(24(47)18(10-41)57-34)60-32-20(36-12(2)43)29(23(46)17(9-40)55-32)58-33-26(49)25(48)21(44)15(7-38)56-33/h3-6,15-34,38-41,44-50H,7-10H2,1-2H3,(H,35,42)(H,36,43)/t15-,16-,17-,18-,19-,20-,21+,22-,23-,24+,25+,26-,27-,28-,29-,30+,31-,32+,33+,34+/m1/s1. The zero-order chi connectivity index (χ0) is 44.2. The van der Waals surface area contributed by atoms with Gasteiger partial charge in [0.25, 0.3) is 5.69 Å². The number of benzene rings is 1. The average molecular weight is 870 g/mol. The van der Waals surface area contributed by atoms with Gasteiger partial charge >= 0.3 is 0 Å². The van der Waals surface area contributed by atoms with Crippen molar-refractivity contribution in [1.29, 1.82) is 0 Å². The van der Waals surface area contributed by atoms with E-state index in [9.17, 15) is 75.9 Å². The number of amides is 2. The van der Waals surface area contributed by atoms with Gasteiger partial charge in [0.05, 0.1) is 31.4 Å². The first kappa shape index (κ1) is 47.7. The molecule has 0 saturated carbocycles. The van der Waals surface area contributed by atoms with E-state index < -0.39 is 166 Å². The summed E-state index contributed by atoms with van der Waals surface area (Å²) in [6.45, 7) is -1.45. The van der Waals surface area contributed by atoms with Crippen molar-refractivity contribution in [3.8, 4) is 5.75 Å². The summed E-state index contributed by atoms with van der Waals surface area (Å²) in [5, 5.41) is 133. The molecule has 1 aromatic rings. The quantitative estimate of drug-likeness (QED) is 0.0575. The van der Waals surface area contributed by atoms with Crippen LogP contribution in [0.3, 0.4) is 0 Å². The molecule has 26 heteroatoms. The van der Waals surface area contributed by atoms with Crippen LogP contribution in [-0.4, -0.2) is 222 Å². The first-order valence-electron chi connectivity index (χ1n) is 18.7. The Kier molecular flexibility index (Phi) is 16.4. The second-order valence-corrected chi connectivity index (χ2v) is 14.5. The molecule has 340 valence electrons. The number of rotatable bonds is 15. The molecule has 1 aromatic carbocycles. The minimum Gasteiger partial charge on any atom is -0.463 e. The SMILES string of the molecule is CC(=O)N[C@H]1[C@H](O[C@H]2[C@@H](O)[C@@H](CO)O[C@@H](O[C@H]3[C@H](O)[C@@H](CO)O[C@@H](Oc4ccc([N+](=O)[O-])cc4)[C@@H]3NC(C)=O)[C@@H]2O)O[C@H](CO)[C@@H](O)[C@@H]1O[C@@H]1O[C@H](CO)[C@H](O)[C@H](O)[C@H]1O. The Morgan fingerprint density at radius 2 is 0.950 bits per heavy atom.